The number of fused-ring (bicyclic) bond motifs is 1. The number of amides is 4. The number of hydrogen-bond donors (Lipinski definition) is 1. The molecule has 0 unspecified atom stereocenters. The van der Waals surface area contributed by atoms with E-state index >= 15 is 0 Å². The Morgan fingerprint density at radius 1 is 0.848 bits per heavy atom. The molecule has 33 heavy (non-hydrogen) atoms. The van der Waals surface area contributed by atoms with Crippen LogP contribution in [0.1, 0.15) is 71.2 Å². The van der Waals surface area contributed by atoms with Crippen LogP contribution in [0.2, 0.25) is 0 Å². The first kappa shape index (κ1) is 21.7. The number of piperidine rings is 1. The summed E-state index contributed by atoms with van der Waals surface area (Å²) in [5, 5.41) is 2.94. The van der Waals surface area contributed by atoms with Crippen molar-refractivity contribution in [2.75, 3.05) is 18.4 Å². The predicted molar refractivity (Wildman–Crippen MR) is 127 cm³/mol. The van der Waals surface area contributed by atoms with Gasteiger partial charge in [0.25, 0.3) is 11.8 Å². The third kappa shape index (κ3) is 4.52. The highest BCUT2D eigenvalue weighted by Crippen LogP contribution is 2.32. The second kappa shape index (κ2) is 9.38. The number of carbonyl (C=O) groups is 3. The number of urea groups is 1. The molecule has 2 heterocycles. The minimum atomic E-state index is -0.222. The molecule has 172 valence electrons. The minimum Gasteiger partial charge on any atom is -0.325 e. The number of likely N-dealkylation sites (tertiary alicyclic amines) is 1. The lowest BCUT2D eigenvalue weighted by atomic mass is 9.90. The fourth-order valence-corrected chi connectivity index (χ4v) is 5.50. The lowest BCUT2D eigenvalue weighted by Crippen LogP contribution is -2.41. The maximum Gasteiger partial charge on any atom is 0.321 e. The molecule has 3 aliphatic rings. The molecular formula is C27H31N3O3. The van der Waals surface area contributed by atoms with Gasteiger partial charge in [-0.15, -0.1) is 0 Å². The molecule has 0 aromatic heterocycles. The lowest BCUT2D eigenvalue weighted by molar-refractivity contribution is 0.0549. The van der Waals surface area contributed by atoms with Crippen LogP contribution in [0.4, 0.5) is 10.5 Å². The van der Waals surface area contributed by atoms with Crippen molar-refractivity contribution in [2.24, 2.45) is 5.92 Å². The molecule has 0 spiro atoms. The number of nitrogens with zero attached hydrogens (tertiary/aromatic N) is 2. The zero-order valence-electron chi connectivity index (χ0n) is 19.0. The highest BCUT2D eigenvalue weighted by molar-refractivity contribution is 6.22. The summed E-state index contributed by atoms with van der Waals surface area (Å²) in [7, 11) is 0. The molecule has 0 atom stereocenters. The van der Waals surface area contributed by atoms with Crippen LogP contribution in [-0.2, 0) is 6.42 Å². The van der Waals surface area contributed by atoms with Crippen LogP contribution in [0.3, 0.4) is 0 Å². The van der Waals surface area contributed by atoms with Crippen LogP contribution in [0.5, 0.6) is 0 Å². The number of nitrogens with one attached hydrogen (secondary N) is 1. The summed E-state index contributed by atoms with van der Waals surface area (Å²) in [6, 6.07) is 15.4. The van der Waals surface area contributed by atoms with E-state index in [2.05, 4.69) is 29.6 Å². The maximum atomic E-state index is 13.0. The monoisotopic (exact) mass is 445 g/mol. The molecule has 0 bridgehead atoms. The molecule has 2 aromatic rings. The zero-order valence-corrected chi connectivity index (χ0v) is 19.0. The van der Waals surface area contributed by atoms with E-state index in [1.165, 1.54) is 16.9 Å². The Bertz CT molecular complexity index is 1040. The van der Waals surface area contributed by atoms with Crippen molar-refractivity contribution >= 4 is 23.5 Å². The van der Waals surface area contributed by atoms with Gasteiger partial charge in [0, 0.05) is 24.8 Å². The molecule has 5 rings (SSSR count). The van der Waals surface area contributed by atoms with Gasteiger partial charge in [-0.05, 0) is 61.8 Å². The van der Waals surface area contributed by atoms with Crippen molar-refractivity contribution in [3.05, 3.63) is 65.2 Å². The van der Waals surface area contributed by atoms with E-state index in [0.717, 1.165) is 58.0 Å². The summed E-state index contributed by atoms with van der Waals surface area (Å²) in [6.45, 7) is 1.45. The smallest absolute Gasteiger partial charge is 0.321 e. The van der Waals surface area contributed by atoms with E-state index < -0.39 is 0 Å². The molecule has 2 fully saturated rings. The molecule has 1 aliphatic carbocycles. The van der Waals surface area contributed by atoms with Gasteiger partial charge in [-0.3, -0.25) is 14.5 Å². The standard InChI is InChI=1S/C27H31N3O3/c31-25-23-12-11-21(18-24(23)26(32)30(25)22-9-5-2-6-10-22)28-27(33)29-15-13-20(14-16-29)17-19-7-3-1-4-8-19/h1,3-4,7-8,11-12,18,20,22H,2,5-6,9-10,13-17H2,(H,28,33). The van der Waals surface area contributed by atoms with Gasteiger partial charge in [-0.25, -0.2) is 4.79 Å². The zero-order chi connectivity index (χ0) is 22.8. The molecule has 6 nitrogen and oxygen atoms in total. The molecule has 0 radical (unpaired) electrons. The van der Waals surface area contributed by atoms with Crippen molar-refractivity contribution < 1.29 is 14.4 Å². The SMILES string of the molecule is O=C(Nc1ccc2c(c1)C(=O)N(C1CCCCC1)C2=O)N1CCC(Cc2ccccc2)CC1. The van der Waals surface area contributed by atoms with Crippen LogP contribution in [-0.4, -0.2) is 46.8 Å². The predicted octanol–water partition coefficient (Wildman–Crippen LogP) is 5.10. The number of rotatable bonds is 4. The largest absolute Gasteiger partial charge is 0.325 e. The van der Waals surface area contributed by atoms with E-state index in [0.29, 0.717) is 22.7 Å². The summed E-state index contributed by atoms with van der Waals surface area (Å²) in [5.41, 5.74) is 2.77. The van der Waals surface area contributed by atoms with Gasteiger partial charge >= 0.3 is 6.03 Å². The maximum absolute atomic E-state index is 13.0. The summed E-state index contributed by atoms with van der Waals surface area (Å²) < 4.78 is 0. The van der Waals surface area contributed by atoms with E-state index in [9.17, 15) is 14.4 Å². The van der Waals surface area contributed by atoms with E-state index in [-0.39, 0.29) is 23.9 Å². The van der Waals surface area contributed by atoms with Crippen LogP contribution in [0.25, 0.3) is 0 Å². The quantitative estimate of drug-likeness (QED) is 0.666. The average molecular weight is 446 g/mol. The van der Waals surface area contributed by atoms with E-state index in [1.54, 1.807) is 18.2 Å². The Kier molecular flexibility index (Phi) is 6.16. The van der Waals surface area contributed by atoms with Gasteiger partial charge in [-0.2, -0.15) is 0 Å². The second-order valence-corrected chi connectivity index (χ2v) is 9.58. The van der Waals surface area contributed by atoms with Gasteiger partial charge < -0.3 is 10.2 Å². The van der Waals surface area contributed by atoms with Gasteiger partial charge in [0.2, 0.25) is 0 Å². The molecule has 6 heteroatoms. The normalized spacial score (nSPS) is 19.6. The van der Waals surface area contributed by atoms with Crippen LogP contribution in [0, 0.1) is 5.92 Å². The Labute approximate surface area is 194 Å². The third-order valence-corrected chi connectivity index (χ3v) is 7.38. The fraction of sp³-hybridized carbons (Fsp3) is 0.444. The highest BCUT2D eigenvalue weighted by Gasteiger charge is 2.40. The third-order valence-electron chi connectivity index (χ3n) is 7.38. The van der Waals surface area contributed by atoms with Crippen molar-refractivity contribution in [2.45, 2.75) is 57.4 Å². The number of carbonyl (C=O) groups excluding carboxylic acids is 3. The topological polar surface area (TPSA) is 69.7 Å². The minimum absolute atomic E-state index is 0.00127. The first-order valence-electron chi connectivity index (χ1n) is 12.2. The van der Waals surface area contributed by atoms with Gasteiger partial charge in [0.1, 0.15) is 0 Å². The van der Waals surface area contributed by atoms with E-state index in [1.807, 2.05) is 11.0 Å². The average Bonchev–Trinajstić information content (AvgIpc) is 3.10. The van der Waals surface area contributed by atoms with Gasteiger partial charge in [0.15, 0.2) is 0 Å². The molecular weight excluding hydrogens is 414 g/mol. The second-order valence-electron chi connectivity index (χ2n) is 9.58. The number of hydrogen-bond acceptors (Lipinski definition) is 3. The molecule has 2 aromatic carbocycles. The molecule has 1 saturated heterocycles. The van der Waals surface area contributed by atoms with Crippen molar-refractivity contribution in [3.8, 4) is 0 Å². The van der Waals surface area contributed by atoms with Crippen molar-refractivity contribution in [3.63, 3.8) is 0 Å². The first-order chi connectivity index (χ1) is 16.1. The Morgan fingerprint density at radius 2 is 1.55 bits per heavy atom. The van der Waals surface area contributed by atoms with Crippen molar-refractivity contribution in [1.82, 2.24) is 9.80 Å². The van der Waals surface area contributed by atoms with Crippen molar-refractivity contribution in [1.29, 1.82) is 0 Å². The molecule has 4 amide bonds. The van der Waals surface area contributed by atoms with Crippen LogP contribution < -0.4 is 5.32 Å². The number of imide groups is 1. The summed E-state index contributed by atoms with van der Waals surface area (Å²) in [5.74, 6) is 0.172. The summed E-state index contributed by atoms with van der Waals surface area (Å²) >= 11 is 0. The Hall–Kier alpha value is -3.15. The Balaban J connectivity index is 1.19. The highest BCUT2D eigenvalue weighted by atomic mass is 16.2. The van der Waals surface area contributed by atoms with E-state index in [4.69, 9.17) is 0 Å². The lowest BCUT2D eigenvalue weighted by Gasteiger charge is -2.32. The van der Waals surface area contributed by atoms with Crippen LogP contribution >= 0.6 is 0 Å². The fourth-order valence-electron chi connectivity index (χ4n) is 5.50. The molecule has 1 saturated carbocycles. The number of benzene rings is 2. The summed E-state index contributed by atoms with van der Waals surface area (Å²) in [4.78, 5) is 42.0. The molecule has 1 N–H and O–H groups in total. The van der Waals surface area contributed by atoms with Crippen LogP contribution in [0.15, 0.2) is 48.5 Å². The first-order valence-corrected chi connectivity index (χ1v) is 12.2. The molecule has 2 aliphatic heterocycles. The Morgan fingerprint density at radius 3 is 2.27 bits per heavy atom. The summed E-state index contributed by atoms with van der Waals surface area (Å²) in [6.07, 6.45) is 8.06. The van der Waals surface area contributed by atoms with Gasteiger partial charge in [-0.1, -0.05) is 49.6 Å². The van der Waals surface area contributed by atoms with Gasteiger partial charge in [0.05, 0.1) is 11.1 Å². The number of anilines is 1.